The lowest BCUT2D eigenvalue weighted by Crippen LogP contribution is -2.27. The largest absolute Gasteiger partial charge is 0.343 e. The molecule has 0 aromatic carbocycles. The van der Waals surface area contributed by atoms with Gasteiger partial charge < -0.3 is 9.47 Å². The van der Waals surface area contributed by atoms with Crippen molar-refractivity contribution in [3.8, 4) is 0 Å². The smallest absolute Gasteiger partial charge is 0.222 e. The van der Waals surface area contributed by atoms with Crippen LogP contribution >= 0.6 is 11.3 Å². The SMILES string of the molecule is Cc1csc(=Nc2cccnc2)n1CCCN1CCCC1=O. The number of nitrogens with zero attached hydrogens (tertiary/aromatic N) is 4. The maximum atomic E-state index is 11.6. The number of hydrogen-bond acceptors (Lipinski definition) is 4. The highest BCUT2D eigenvalue weighted by molar-refractivity contribution is 7.07. The van der Waals surface area contributed by atoms with Gasteiger partial charge in [0.05, 0.1) is 11.9 Å². The Morgan fingerprint density at radius 3 is 3.05 bits per heavy atom. The Kier molecular flexibility index (Phi) is 4.68. The fourth-order valence-electron chi connectivity index (χ4n) is 2.67. The van der Waals surface area contributed by atoms with Crippen LogP contribution in [0.25, 0.3) is 0 Å². The zero-order valence-corrected chi connectivity index (χ0v) is 13.6. The van der Waals surface area contributed by atoms with Gasteiger partial charge in [-0.05, 0) is 31.9 Å². The molecule has 5 nitrogen and oxygen atoms in total. The summed E-state index contributed by atoms with van der Waals surface area (Å²) in [5.74, 6) is 0.298. The van der Waals surface area contributed by atoms with E-state index >= 15 is 0 Å². The first-order valence-corrected chi connectivity index (χ1v) is 8.49. The second-order valence-electron chi connectivity index (χ2n) is 5.47. The summed E-state index contributed by atoms with van der Waals surface area (Å²) in [5.41, 5.74) is 2.08. The summed E-state index contributed by atoms with van der Waals surface area (Å²) < 4.78 is 2.22. The van der Waals surface area contributed by atoms with E-state index in [1.165, 1.54) is 5.69 Å². The van der Waals surface area contributed by atoms with Crippen LogP contribution in [0, 0.1) is 6.92 Å². The van der Waals surface area contributed by atoms with E-state index in [9.17, 15) is 4.79 Å². The van der Waals surface area contributed by atoms with E-state index in [2.05, 4.69) is 26.8 Å². The van der Waals surface area contributed by atoms with Crippen molar-refractivity contribution in [2.45, 2.75) is 32.7 Å². The molecule has 0 unspecified atom stereocenters. The van der Waals surface area contributed by atoms with Crippen molar-refractivity contribution >= 4 is 22.9 Å². The summed E-state index contributed by atoms with van der Waals surface area (Å²) in [4.78, 5) is 23.4. The van der Waals surface area contributed by atoms with E-state index in [0.717, 1.165) is 43.0 Å². The summed E-state index contributed by atoms with van der Waals surface area (Å²) in [6.45, 7) is 4.74. The number of carbonyl (C=O) groups excluding carboxylic acids is 1. The van der Waals surface area contributed by atoms with Gasteiger partial charge in [0, 0.05) is 43.3 Å². The summed E-state index contributed by atoms with van der Waals surface area (Å²) in [5, 5.41) is 2.12. The summed E-state index contributed by atoms with van der Waals surface area (Å²) >= 11 is 1.64. The van der Waals surface area contributed by atoms with Gasteiger partial charge in [-0.25, -0.2) is 4.99 Å². The van der Waals surface area contributed by atoms with E-state index < -0.39 is 0 Å². The molecule has 2 aromatic rings. The minimum atomic E-state index is 0.298. The highest BCUT2D eigenvalue weighted by atomic mass is 32.1. The van der Waals surface area contributed by atoms with E-state index in [1.54, 1.807) is 23.7 Å². The molecule has 2 aromatic heterocycles. The van der Waals surface area contributed by atoms with Crippen molar-refractivity contribution in [3.63, 3.8) is 0 Å². The van der Waals surface area contributed by atoms with Crippen LogP contribution in [0.1, 0.15) is 25.0 Å². The van der Waals surface area contributed by atoms with Crippen molar-refractivity contribution in [1.29, 1.82) is 0 Å². The molecule has 0 aliphatic carbocycles. The van der Waals surface area contributed by atoms with Crippen LogP contribution in [0.15, 0.2) is 34.9 Å². The van der Waals surface area contributed by atoms with Gasteiger partial charge in [-0.3, -0.25) is 9.78 Å². The van der Waals surface area contributed by atoms with Crippen LogP contribution in [-0.4, -0.2) is 33.4 Å². The van der Waals surface area contributed by atoms with E-state index in [1.807, 2.05) is 17.0 Å². The Bertz CT molecular complexity index is 704. The number of likely N-dealkylation sites (tertiary alicyclic amines) is 1. The minimum Gasteiger partial charge on any atom is -0.343 e. The van der Waals surface area contributed by atoms with Crippen LogP contribution in [0.2, 0.25) is 0 Å². The average molecular weight is 316 g/mol. The Morgan fingerprint density at radius 2 is 2.32 bits per heavy atom. The van der Waals surface area contributed by atoms with Crippen LogP contribution in [-0.2, 0) is 11.3 Å². The van der Waals surface area contributed by atoms with Gasteiger partial charge in [0.15, 0.2) is 4.80 Å². The Hall–Kier alpha value is -1.95. The number of aromatic nitrogens is 2. The molecule has 6 heteroatoms. The van der Waals surface area contributed by atoms with Crippen LogP contribution < -0.4 is 4.80 Å². The standard InChI is InChI=1S/C16H20N4OS/c1-13-12-22-16(18-14-5-2-7-17-11-14)20(13)10-4-9-19-8-3-6-15(19)21/h2,5,7,11-12H,3-4,6,8-10H2,1H3. The molecule has 1 amide bonds. The molecule has 1 saturated heterocycles. The van der Waals surface area contributed by atoms with Gasteiger partial charge >= 0.3 is 0 Å². The summed E-state index contributed by atoms with van der Waals surface area (Å²) in [6, 6.07) is 3.85. The fourth-order valence-corrected chi connectivity index (χ4v) is 3.59. The third-order valence-corrected chi connectivity index (χ3v) is 4.82. The number of thiazole rings is 1. The lowest BCUT2D eigenvalue weighted by molar-refractivity contribution is -0.127. The average Bonchev–Trinajstić information content (AvgIpc) is 3.08. The van der Waals surface area contributed by atoms with Crippen LogP contribution in [0.3, 0.4) is 0 Å². The predicted molar refractivity (Wildman–Crippen MR) is 86.9 cm³/mol. The van der Waals surface area contributed by atoms with E-state index in [0.29, 0.717) is 12.3 Å². The van der Waals surface area contributed by atoms with E-state index in [4.69, 9.17) is 0 Å². The Morgan fingerprint density at radius 1 is 1.41 bits per heavy atom. The van der Waals surface area contributed by atoms with Crippen molar-refractivity contribution in [1.82, 2.24) is 14.5 Å². The number of hydrogen-bond donors (Lipinski definition) is 0. The second kappa shape index (κ2) is 6.87. The first-order chi connectivity index (χ1) is 10.7. The zero-order valence-electron chi connectivity index (χ0n) is 12.7. The molecule has 3 heterocycles. The van der Waals surface area contributed by atoms with Crippen LogP contribution in [0.4, 0.5) is 5.69 Å². The molecular formula is C16H20N4OS. The molecule has 3 rings (SSSR count). The third-order valence-electron chi connectivity index (χ3n) is 3.84. The van der Waals surface area contributed by atoms with Crippen LogP contribution in [0.5, 0.6) is 0 Å². The molecule has 0 bridgehead atoms. The quantitative estimate of drug-likeness (QED) is 0.851. The zero-order chi connectivity index (χ0) is 15.4. The molecule has 1 aliphatic heterocycles. The van der Waals surface area contributed by atoms with Crippen molar-refractivity contribution in [2.24, 2.45) is 4.99 Å². The molecule has 1 fully saturated rings. The van der Waals surface area contributed by atoms with Gasteiger partial charge in [0.1, 0.15) is 0 Å². The normalized spacial score (nSPS) is 15.8. The van der Waals surface area contributed by atoms with Gasteiger partial charge in [-0.2, -0.15) is 0 Å². The molecule has 0 N–H and O–H groups in total. The lowest BCUT2D eigenvalue weighted by Gasteiger charge is -2.15. The number of pyridine rings is 1. The van der Waals surface area contributed by atoms with E-state index in [-0.39, 0.29) is 0 Å². The minimum absolute atomic E-state index is 0.298. The Balaban J connectivity index is 1.70. The van der Waals surface area contributed by atoms with Crippen molar-refractivity contribution in [2.75, 3.05) is 13.1 Å². The topological polar surface area (TPSA) is 50.5 Å². The molecule has 22 heavy (non-hydrogen) atoms. The molecule has 116 valence electrons. The van der Waals surface area contributed by atoms with Gasteiger partial charge in [-0.1, -0.05) is 0 Å². The maximum absolute atomic E-state index is 11.6. The predicted octanol–water partition coefficient (Wildman–Crippen LogP) is 2.50. The van der Waals surface area contributed by atoms with Crippen molar-refractivity contribution < 1.29 is 4.79 Å². The maximum Gasteiger partial charge on any atom is 0.222 e. The number of aryl methyl sites for hydroxylation is 1. The highest BCUT2D eigenvalue weighted by Crippen LogP contribution is 2.11. The van der Waals surface area contributed by atoms with Crippen molar-refractivity contribution in [3.05, 3.63) is 40.4 Å². The first kappa shape index (κ1) is 15.0. The lowest BCUT2D eigenvalue weighted by atomic mass is 10.3. The molecule has 0 atom stereocenters. The number of carbonyl (C=O) groups is 1. The summed E-state index contributed by atoms with van der Waals surface area (Å²) in [7, 11) is 0. The molecular weight excluding hydrogens is 296 g/mol. The first-order valence-electron chi connectivity index (χ1n) is 7.61. The molecule has 0 saturated carbocycles. The second-order valence-corrected chi connectivity index (χ2v) is 6.31. The summed E-state index contributed by atoms with van der Waals surface area (Å²) in [6.07, 6.45) is 6.20. The number of amides is 1. The van der Waals surface area contributed by atoms with Gasteiger partial charge in [-0.15, -0.1) is 11.3 Å². The molecule has 1 aliphatic rings. The third kappa shape index (κ3) is 3.44. The van der Waals surface area contributed by atoms with Gasteiger partial charge in [0.2, 0.25) is 5.91 Å². The molecule has 0 radical (unpaired) electrons. The monoisotopic (exact) mass is 316 g/mol. The fraction of sp³-hybridized carbons (Fsp3) is 0.438. The Labute approximate surface area is 134 Å². The number of rotatable bonds is 5. The molecule has 0 spiro atoms. The van der Waals surface area contributed by atoms with Gasteiger partial charge in [0.25, 0.3) is 0 Å². The highest BCUT2D eigenvalue weighted by Gasteiger charge is 2.19.